The largest absolute Gasteiger partial charge is 0.550 e. The number of halogens is 1. The fourth-order valence-electron chi connectivity index (χ4n) is 8.61. The van der Waals surface area contributed by atoms with E-state index in [1.54, 1.807) is 0 Å². The first-order valence-electron chi connectivity index (χ1n) is 11.5. The molecule has 0 aromatic carbocycles. The minimum Gasteiger partial charge on any atom is -0.550 e. The fraction of sp³-hybridized carbons (Fsp3) is 0.917. The number of carboxylic acid groups (broad SMARTS) is 1. The molecule has 4 saturated carbocycles. The molecule has 4 fully saturated rings. The van der Waals surface area contributed by atoms with E-state index in [-0.39, 0.29) is 11.2 Å². The Kier molecular flexibility index (Phi) is 5.51. The minimum atomic E-state index is -0.905. The molecule has 28 heavy (non-hydrogen) atoms. The van der Waals surface area contributed by atoms with E-state index in [4.69, 9.17) is 0 Å². The number of hydrogen-bond donors (Lipinski definition) is 0. The summed E-state index contributed by atoms with van der Waals surface area (Å²) < 4.78 is 0. The summed E-state index contributed by atoms with van der Waals surface area (Å²) in [6.07, 6.45) is 10.4. The molecule has 0 aromatic heterocycles. The van der Waals surface area contributed by atoms with Crippen LogP contribution in [0, 0.1) is 46.3 Å². The molecule has 0 aliphatic heterocycles. The second kappa shape index (κ2) is 7.39. The van der Waals surface area contributed by atoms with Crippen LogP contribution >= 0.6 is 15.9 Å². The number of alkyl halides is 1. The van der Waals surface area contributed by atoms with Crippen molar-refractivity contribution in [3.63, 3.8) is 0 Å². The monoisotopic (exact) mass is 451 g/mol. The van der Waals surface area contributed by atoms with Crippen LogP contribution in [0.4, 0.5) is 0 Å². The number of rotatable bonds is 4. The molecular formula is C24H36BrO3-. The Bertz CT molecular complexity index is 648. The number of hydrogen-bond acceptors (Lipinski definition) is 3. The van der Waals surface area contributed by atoms with Crippen LogP contribution in [0.15, 0.2) is 0 Å². The van der Waals surface area contributed by atoms with Gasteiger partial charge >= 0.3 is 0 Å². The summed E-state index contributed by atoms with van der Waals surface area (Å²) in [6, 6.07) is 0. The number of ketones is 1. The molecule has 0 N–H and O–H groups in total. The zero-order valence-electron chi connectivity index (χ0n) is 17.7. The van der Waals surface area contributed by atoms with Crippen molar-refractivity contribution < 1.29 is 14.7 Å². The van der Waals surface area contributed by atoms with Crippen LogP contribution in [-0.4, -0.2) is 16.6 Å². The van der Waals surface area contributed by atoms with E-state index in [9.17, 15) is 14.7 Å². The van der Waals surface area contributed by atoms with E-state index in [2.05, 4.69) is 36.7 Å². The van der Waals surface area contributed by atoms with Crippen molar-refractivity contribution in [3.8, 4) is 0 Å². The van der Waals surface area contributed by atoms with Crippen molar-refractivity contribution in [3.05, 3.63) is 0 Å². The summed E-state index contributed by atoms with van der Waals surface area (Å²) >= 11 is 3.77. The second-order valence-corrected chi connectivity index (χ2v) is 12.0. The topological polar surface area (TPSA) is 57.2 Å². The van der Waals surface area contributed by atoms with E-state index in [0.717, 1.165) is 37.0 Å². The van der Waals surface area contributed by atoms with Crippen LogP contribution in [0.1, 0.15) is 85.0 Å². The van der Waals surface area contributed by atoms with E-state index in [1.165, 1.54) is 38.5 Å². The summed E-state index contributed by atoms with van der Waals surface area (Å²) in [5.41, 5.74) is 0.680. The third kappa shape index (κ3) is 3.11. The standard InChI is InChI=1S/C24H37BrO3/c1-14(4-9-21(27)28)16-7-8-17-15-5-6-19-22(25)20(26)11-13-24(19,3)18(15)10-12-23(16,17)2/h14-19,22H,4-13H2,1-3H3,(H,27,28)/p-1/t14-,15-,16-,17+,18-,19+,22-,23-,24-/m1/s1. The Hall–Kier alpha value is -0.380. The van der Waals surface area contributed by atoms with Crippen molar-refractivity contribution in [2.45, 2.75) is 89.8 Å². The lowest BCUT2D eigenvalue weighted by Gasteiger charge is -2.61. The van der Waals surface area contributed by atoms with Crippen molar-refractivity contribution in [2.75, 3.05) is 0 Å². The molecule has 0 radical (unpaired) electrons. The first-order valence-corrected chi connectivity index (χ1v) is 12.5. The predicted molar refractivity (Wildman–Crippen MR) is 112 cm³/mol. The highest BCUT2D eigenvalue weighted by atomic mass is 79.9. The zero-order valence-corrected chi connectivity index (χ0v) is 19.3. The minimum absolute atomic E-state index is 0.0708. The Morgan fingerprint density at radius 1 is 1.07 bits per heavy atom. The van der Waals surface area contributed by atoms with E-state index < -0.39 is 5.97 Å². The van der Waals surface area contributed by atoms with Gasteiger partial charge in [0.2, 0.25) is 0 Å². The zero-order chi connectivity index (χ0) is 20.3. The molecule has 3 nitrogen and oxygen atoms in total. The second-order valence-electron chi connectivity index (χ2n) is 11.1. The highest BCUT2D eigenvalue weighted by molar-refractivity contribution is 9.10. The highest BCUT2D eigenvalue weighted by Crippen LogP contribution is 2.68. The number of carbonyl (C=O) groups excluding carboxylic acids is 2. The lowest BCUT2D eigenvalue weighted by Crippen LogP contribution is -2.56. The van der Waals surface area contributed by atoms with E-state index in [1.807, 2.05) is 0 Å². The molecule has 0 aromatic rings. The number of aliphatic carboxylic acids is 1. The smallest absolute Gasteiger partial charge is 0.146 e. The van der Waals surface area contributed by atoms with Crippen molar-refractivity contribution >= 4 is 27.7 Å². The van der Waals surface area contributed by atoms with Gasteiger partial charge in [-0.15, -0.1) is 0 Å². The van der Waals surface area contributed by atoms with E-state index in [0.29, 0.717) is 34.4 Å². The van der Waals surface area contributed by atoms with Gasteiger partial charge in [-0.2, -0.15) is 0 Å². The number of carboxylic acids is 1. The highest BCUT2D eigenvalue weighted by Gasteiger charge is 2.61. The molecule has 0 heterocycles. The number of carbonyl (C=O) groups is 2. The maximum Gasteiger partial charge on any atom is 0.146 e. The molecule has 4 rings (SSSR count). The van der Waals surface area contributed by atoms with Gasteiger partial charge in [0.05, 0.1) is 4.83 Å². The maximum absolute atomic E-state index is 12.3. The van der Waals surface area contributed by atoms with Gasteiger partial charge in [-0.05, 0) is 104 Å². The summed E-state index contributed by atoms with van der Waals surface area (Å²) in [4.78, 5) is 23.3. The van der Waals surface area contributed by atoms with Crippen LogP contribution in [0.5, 0.6) is 0 Å². The Morgan fingerprint density at radius 2 is 1.75 bits per heavy atom. The Labute approximate surface area is 178 Å². The number of Topliss-reactive ketones (excluding diaryl/α,β-unsaturated/α-hetero) is 1. The third-order valence-electron chi connectivity index (χ3n) is 10.1. The average Bonchev–Trinajstić information content (AvgIpc) is 3.00. The molecule has 0 amide bonds. The molecule has 0 spiro atoms. The maximum atomic E-state index is 12.3. The molecule has 0 unspecified atom stereocenters. The van der Waals surface area contributed by atoms with Crippen LogP contribution in [0.25, 0.3) is 0 Å². The van der Waals surface area contributed by atoms with Crippen LogP contribution < -0.4 is 5.11 Å². The summed E-state index contributed by atoms with van der Waals surface area (Å²) in [5, 5.41) is 10.9. The van der Waals surface area contributed by atoms with E-state index >= 15 is 0 Å². The fourth-order valence-corrected chi connectivity index (χ4v) is 9.71. The van der Waals surface area contributed by atoms with Crippen LogP contribution in [-0.2, 0) is 9.59 Å². The summed E-state index contributed by atoms with van der Waals surface area (Å²) in [6.45, 7) is 7.29. The van der Waals surface area contributed by atoms with Gasteiger partial charge in [-0.25, -0.2) is 0 Å². The molecular weight excluding hydrogens is 416 g/mol. The number of fused-ring (bicyclic) bond motifs is 5. The van der Waals surface area contributed by atoms with Gasteiger partial charge in [0.15, 0.2) is 0 Å². The molecule has 9 atom stereocenters. The summed E-state index contributed by atoms with van der Waals surface area (Å²) in [5.74, 6) is 3.49. The molecule has 0 bridgehead atoms. The molecule has 0 saturated heterocycles. The first kappa shape index (κ1) is 20.9. The van der Waals surface area contributed by atoms with Crippen LogP contribution in [0.3, 0.4) is 0 Å². The van der Waals surface area contributed by atoms with Crippen molar-refractivity contribution in [2.24, 2.45) is 46.3 Å². The van der Waals surface area contributed by atoms with Gasteiger partial charge in [0, 0.05) is 12.4 Å². The lowest BCUT2D eigenvalue weighted by molar-refractivity contribution is -0.306. The quantitative estimate of drug-likeness (QED) is 0.579. The van der Waals surface area contributed by atoms with Crippen molar-refractivity contribution in [1.29, 1.82) is 0 Å². The first-order chi connectivity index (χ1) is 13.2. The Balaban J connectivity index is 1.53. The van der Waals surface area contributed by atoms with Crippen molar-refractivity contribution in [1.82, 2.24) is 0 Å². The van der Waals surface area contributed by atoms with Gasteiger partial charge < -0.3 is 9.90 Å². The molecule has 158 valence electrons. The Morgan fingerprint density at radius 3 is 2.46 bits per heavy atom. The predicted octanol–water partition coefficient (Wildman–Crippen LogP) is 4.75. The third-order valence-corrected chi connectivity index (χ3v) is 11.2. The van der Waals surface area contributed by atoms with Gasteiger partial charge in [-0.1, -0.05) is 36.7 Å². The van der Waals surface area contributed by atoms with Gasteiger partial charge in [0.1, 0.15) is 5.78 Å². The summed E-state index contributed by atoms with van der Waals surface area (Å²) in [7, 11) is 0. The van der Waals surface area contributed by atoms with Gasteiger partial charge in [-0.3, -0.25) is 4.79 Å². The SMILES string of the molecule is C[C@H](CCC(=O)[O-])[C@H]1CC[C@H]2[C@H]3CC[C@H]4[C@@H](Br)C(=O)CC[C@]4(C)[C@@H]3CC[C@]12C. The van der Waals surface area contributed by atoms with Gasteiger partial charge in [0.25, 0.3) is 0 Å². The molecule has 4 aliphatic rings. The normalized spacial score (nSPS) is 49.1. The molecule has 4 aliphatic carbocycles. The van der Waals surface area contributed by atoms with Crippen LogP contribution in [0.2, 0.25) is 0 Å². The lowest BCUT2D eigenvalue weighted by atomic mass is 9.44. The molecule has 4 heteroatoms. The average molecular weight is 452 g/mol.